The smallest absolute Gasteiger partial charge is 0.161 e. The summed E-state index contributed by atoms with van der Waals surface area (Å²) in [5, 5.41) is 2.40. The van der Waals surface area contributed by atoms with E-state index >= 15 is 0 Å². The minimum Gasteiger partial charge on any atom is -0.228 e. The first-order chi connectivity index (χ1) is 26.8. The van der Waals surface area contributed by atoms with E-state index < -0.39 is 5.41 Å². The third-order valence-corrected chi connectivity index (χ3v) is 12.3. The highest BCUT2D eigenvalue weighted by Crippen LogP contribution is 2.62. The van der Waals surface area contributed by atoms with Gasteiger partial charge in [-0.25, -0.2) is 9.97 Å². The molecule has 54 heavy (non-hydrogen) atoms. The van der Waals surface area contributed by atoms with E-state index in [-0.39, 0.29) is 0 Å². The number of rotatable bonds is 4. The molecule has 0 saturated heterocycles. The number of hydrogen-bond acceptors (Lipinski definition) is 3. The fourth-order valence-electron chi connectivity index (χ4n) is 8.77. The minimum atomic E-state index is -0.442. The number of hydrogen-bond donors (Lipinski definition) is 0. The molecule has 11 rings (SSSR count). The van der Waals surface area contributed by atoms with Gasteiger partial charge >= 0.3 is 0 Å². The van der Waals surface area contributed by atoms with Crippen molar-refractivity contribution < 1.29 is 0 Å². The molecular weight excluding hydrogens is 673 g/mol. The van der Waals surface area contributed by atoms with Gasteiger partial charge in [-0.3, -0.25) is 0 Å². The molecule has 1 aliphatic heterocycles. The Morgan fingerprint density at radius 2 is 0.889 bits per heavy atom. The van der Waals surface area contributed by atoms with Crippen LogP contribution >= 0.6 is 11.8 Å². The Kier molecular flexibility index (Phi) is 7.05. The van der Waals surface area contributed by atoms with Crippen LogP contribution in [-0.2, 0) is 5.41 Å². The summed E-state index contributed by atoms with van der Waals surface area (Å²) < 4.78 is 0. The van der Waals surface area contributed by atoms with Gasteiger partial charge < -0.3 is 0 Å². The molecule has 0 radical (unpaired) electrons. The molecule has 252 valence electrons. The second kappa shape index (κ2) is 12.3. The summed E-state index contributed by atoms with van der Waals surface area (Å²) in [6, 6.07) is 70.2. The van der Waals surface area contributed by atoms with Gasteiger partial charge in [-0.1, -0.05) is 176 Å². The average molecular weight is 705 g/mol. The highest BCUT2D eigenvalue weighted by Gasteiger charge is 2.50. The lowest BCUT2D eigenvalue weighted by atomic mass is 9.67. The third kappa shape index (κ3) is 4.68. The summed E-state index contributed by atoms with van der Waals surface area (Å²) >= 11 is 1.87. The number of aromatic nitrogens is 2. The van der Waals surface area contributed by atoms with Crippen molar-refractivity contribution in [2.24, 2.45) is 0 Å². The molecule has 0 atom stereocenters. The lowest BCUT2D eigenvalue weighted by Gasteiger charge is -2.40. The molecule has 0 unspecified atom stereocenters. The summed E-state index contributed by atoms with van der Waals surface area (Å²) in [4.78, 5) is 13.2. The van der Waals surface area contributed by atoms with Gasteiger partial charge in [0.2, 0.25) is 0 Å². The van der Waals surface area contributed by atoms with Gasteiger partial charge in [0.1, 0.15) is 0 Å². The second-order valence-corrected chi connectivity index (χ2v) is 15.2. The van der Waals surface area contributed by atoms with Crippen LogP contribution in [0.3, 0.4) is 0 Å². The van der Waals surface area contributed by atoms with E-state index in [1.54, 1.807) is 0 Å². The molecule has 2 aliphatic rings. The van der Waals surface area contributed by atoms with Crippen LogP contribution < -0.4 is 0 Å². The standard InChI is InChI=1S/C51H32N2S/c1-2-15-34(16-3-1)46-32-47(37-27-26-33-14-4-5-17-35(33)30-37)53-50(52-46)41-21-7-6-18-38(41)36-28-29-49-45(31-36)51(44-24-12-13-25-48(44)54-49)42-22-10-8-19-39(42)40-20-9-11-23-43(40)51/h1-32H. The van der Waals surface area contributed by atoms with Gasteiger partial charge in [-0.15, -0.1) is 0 Å². The van der Waals surface area contributed by atoms with Crippen LogP contribution in [0, 0.1) is 0 Å². The van der Waals surface area contributed by atoms with Crippen molar-refractivity contribution in [2.75, 3.05) is 0 Å². The maximum atomic E-state index is 5.32. The SMILES string of the molecule is c1ccc(-c2cc(-c3ccc4ccccc4c3)nc(-c3ccccc3-c3ccc4c(c3)C3(c5ccccc5S4)c4ccccc4-c4ccccc43)n2)cc1. The zero-order chi connectivity index (χ0) is 35.6. The third-order valence-electron chi connectivity index (χ3n) is 11.2. The molecule has 0 N–H and O–H groups in total. The van der Waals surface area contributed by atoms with Crippen LogP contribution in [0.15, 0.2) is 204 Å². The van der Waals surface area contributed by atoms with Crippen LogP contribution in [-0.4, -0.2) is 9.97 Å². The lowest BCUT2D eigenvalue weighted by molar-refractivity contribution is 0.723. The predicted molar refractivity (Wildman–Crippen MR) is 223 cm³/mol. The molecule has 0 fully saturated rings. The van der Waals surface area contributed by atoms with Crippen molar-refractivity contribution in [3.05, 3.63) is 216 Å². The van der Waals surface area contributed by atoms with Crippen LogP contribution in [0.5, 0.6) is 0 Å². The summed E-state index contributed by atoms with van der Waals surface area (Å²) in [5.74, 6) is 0.707. The van der Waals surface area contributed by atoms with Crippen molar-refractivity contribution in [2.45, 2.75) is 15.2 Å². The summed E-state index contributed by atoms with van der Waals surface area (Å²) in [7, 11) is 0. The Morgan fingerprint density at radius 1 is 0.333 bits per heavy atom. The first-order valence-electron chi connectivity index (χ1n) is 18.4. The van der Waals surface area contributed by atoms with Gasteiger partial charge in [0, 0.05) is 26.5 Å². The van der Waals surface area contributed by atoms with E-state index in [1.165, 1.54) is 53.9 Å². The molecular formula is C51H32N2S. The van der Waals surface area contributed by atoms with Gasteiger partial charge in [0.15, 0.2) is 5.82 Å². The molecule has 2 heterocycles. The molecule has 0 amide bonds. The van der Waals surface area contributed by atoms with Crippen molar-refractivity contribution in [1.82, 2.24) is 9.97 Å². The fourth-order valence-corrected chi connectivity index (χ4v) is 9.95. The Morgan fingerprint density at radius 3 is 1.65 bits per heavy atom. The van der Waals surface area contributed by atoms with E-state index in [0.29, 0.717) is 5.82 Å². The molecule has 1 aliphatic carbocycles. The van der Waals surface area contributed by atoms with E-state index in [4.69, 9.17) is 9.97 Å². The minimum absolute atomic E-state index is 0.442. The molecule has 2 nitrogen and oxygen atoms in total. The Hall–Kier alpha value is -6.55. The van der Waals surface area contributed by atoms with Crippen LogP contribution in [0.1, 0.15) is 22.3 Å². The normalized spacial score (nSPS) is 13.3. The highest BCUT2D eigenvalue weighted by molar-refractivity contribution is 7.99. The second-order valence-electron chi connectivity index (χ2n) is 14.1. The van der Waals surface area contributed by atoms with Gasteiger partial charge in [-0.2, -0.15) is 0 Å². The first-order valence-corrected chi connectivity index (χ1v) is 19.2. The fraction of sp³-hybridized carbons (Fsp3) is 0.0196. The van der Waals surface area contributed by atoms with E-state index in [9.17, 15) is 0 Å². The Bertz CT molecular complexity index is 2880. The molecule has 0 saturated carbocycles. The number of benzene rings is 8. The Labute approximate surface area is 318 Å². The lowest BCUT2D eigenvalue weighted by Crippen LogP contribution is -2.32. The van der Waals surface area contributed by atoms with Crippen molar-refractivity contribution in [3.8, 4) is 56.2 Å². The first kappa shape index (κ1) is 31.0. The maximum absolute atomic E-state index is 5.32. The molecule has 8 aromatic carbocycles. The van der Waals surface area contributed by atoms with Gasteiger partial charge in [0.25, 0.3) is 0 Å². The summed E-state index contributed by atoms with van der Waals surface area (Å²) in [6.07, 6.45) is 0. The van der Waals surface area contributed by atoms with E-state index in [1.807, 2.05) is 17.8 Å². The maximum Gasteiger partial charge on any atom is 0.161 e. The Balaban J connectivity index is 1.13. The molecule has 0 bridgehead atoms. The van der Waals surface area contributed by atoms with Crippen molar-refractivity contribution in [3.63, 3.8) is 0 Å². The molecule has 1 aromatic heterocycles. The summed E-state index contributed by atoms with van der Waals surface area (Å²) in [6.45, 7) is 0. The van der Waals surface area contributed by atoms with Crippen LogP contribution in [0.2, 0.25) is 0 Å². The van der Waals surface area contributed by atoms with Gasteiger partial charge in [0.05, 0.1) is 16.8 Å². The van der Waals surface area contributed by atoms with Crippen molar-refractivity contribution in [1.29, 1.82) is 0 Å². The summed E-state index contributed by atoms with van der Waals surface area (Å²) in [5.41, 5.74) is 14.7. The monoisotopic (exact) mass is 704 g/mol. The van der Waals surface area contributed by atoms with E-state index in [0.717, 1.165) is 39.2 Å². The highest BCUT2D eigenvalue weighted by atomic mass is 32.2. The predicted octanol–water partition coefficient (Wildman–Crippen LogP) is 13.1. The zero-order valence-electron chi connectivity index (χ0n) is 29.3. The zero-order valence-corrected chi connectivity index (χ0v) is 30.1. The molecule has 1 spiro atoms. The molecule has 3 heteroatoms. The molecule has 9 aromatic rings. The van der Waals surface area contributed by atoms with Crippen molar-refractivity contribution >= 4 is 22.5 Å². The topological polar surface area (TPSA) is 25.8 Å². The largest absolute Gasteiger partial charge is 0.228 e. The van der Waals surface area contributed by atoms with Crippen LogP contribution in [0.4, 0.5) is 0 Å². The van der Waals surface area contributed by atoms with Crippen LogP contribution in [0.25, 0.3) is 66.9 Å². The number of fused-ring (bicyclic) bond motifs is 10. The van der Waals surface area contributed by atoms with Gasteiger partial charge in [-0.05, 0) is 85.6 Å². The number of nitrogens with zero attached hydrogens (tertiary/aromatic N) is 2. The average Bonchev–Trinajstić information content (AvgIpc) is 3.54. The van der Waals surface area contributed by atoms with E-state index in [2.05, 4.69) is 188 Å². The quantitative estimate of drug-likeness (QED) is 0.182.